The molecule has 0 saturated carbocycles. The molecule has 2 aliphatic rings. The van der Waals surface area contributed by atoms with Gasteiger partial charge < -0.3 is 39.6 Å². The Morgan fingerprint density at radius 2 is 0.633 bits per heavy atom. The van der Waals surface area contributed by atoms with E-state index in [1.165, 1.54) is 0 Å². The third-order valence-corrected chi connectivity index (χ3v) is 10.7. The maximum atomic E-state index is 11.5. The summed E-state index contributed by atoms with van der Waals surface area (Å²) in [5.41, 5.74) is 11.1. The SMILES string of the molecule is Oc1ccc(N(c2ccccc2)c2ccccc2)cc1N1[CH-]N(CN2[CH-]N(c3cc(N(c4ccccc4)c4ccccc4)ccc3O)c3ccccc32)c2ccccc21.[Pt+2]. The standard InChI is InChI=1S/C51H40N6O2.Pt/c58-50-31-29-42(56(38-17-5-1-6-18-38)39-19-7-2-8-20-39)33-48(50)54-36-52(44-25-13-15-27-46(44)54)35-53-37-55(47-28-16-14-26-45(47)53)49-34-43(30-32-51(49)59)57(40-21-9-3-10-22-40)41-23-11-4-12-24-41;/h1-34,36-37,58-59H,35H2;/q-2;+2. The van der Waals surface area contributed by atoms with Crippen LogP contribution in [0.5, 0.6) is 11.5 Å². The number of benzene rings is 8. The molecule has 8 aromatic rings. The molecule has 2 heterocycles. The molecule has 0 fully saturated rings. The van der Waals surface area contributed by atoms with Gasteiger partial charge in [0.25, 0.3) is 0 Å². The summed E-state index contributed by atoms with van der Waals surface area (Å²) in [4.78, 5) is 12.9. The van der Waals surface area contributed by atoms with Gasteiger partial charge in [-0.05, 0) is 109 Å². The Kier molecular flexibility index (Phi) is 10.6. The molecule has 8 aromatic carbocycles. The number of hydrogen-bond donors (Lipinski definition) is 2. The molecule has 0 radical (unpaired) electrons. The predicted molar refractivity (Wildman–Crippen MR) is 241 cm³/mol. The van der Waals surface area contributed by atoms with Crippen LogP contribution in [0.15, 0.2) is 206 Å². The summed E-state index contributed by atoms with van der Waals surface area (Å²) >= 11 is 0. The fourth-order valence-corrected chi connectivity index (χ4v) is 8.01. The van der Waals surface area contributed by atoms with Crippen LogP contribution >= 0.6 is 0 Å². The van der Waals surface area contributed by atoms with Crippen molar-refractivity contribution in [2.75, 3.05) is 36.1 Å². The minimum Gasteiger partial charge on any atom is -0.506 e. The van der Waals surface area contributed by atoms with Crippen LogP contribution in [0, 0.1) is 13.3 Å². The van der Waals surface area contributed by atoms with Crippen LogP contribution in [-0.2, 0) is 21.1 Å². The van der Waals surface area contributed by atoms with Crippen molar-refractivity contribution in [1.82, 2.24) is 0 Å². The van der Waals surface area contributed by atoms with E-state index < -0.39 is 0 Å². The largest absolute Gasteiger partial charge is 2.00 e. The van der Waals surface area contributed by atoms with Crippen LogP contribution < -0.4 is 29.4 Å². The van der Waals surface area contributed by atoms with E-state index in [2.05, 4.69) is 102 Å². The minimum atomic E-state index is 0. The van der Waals surface area contributed by atoms with Gasteiger partial charge in [-0.2, -0.15) is 0 Å². The topological polar surface area (TPSA) is 59.9 Å². The quantitative estimate of drug-likeness (QED) is 0.132. The number of anilines is 12. The van der Waals surface area contributed by atoms with E-state index in [9.17, 15) is 10.2 Å². The normalized spacial score (nSPS) is 12.8. The Balaban J connectivity index is 0.00000462. The first kappa shape index (κ1) is 38.4. The molecule has 0 aromatic heterocycles. The number of fused-ring (bicyclic) bond motifs is 2. The van der Waals surface area contributed by atoms with Crippen LogP contribution in [0.2, 0.25) is 0 Å². The van der Waals surface area contributed by atoms with Crippen molar-refractivity contribution in [1.29, 1.82) is 0 Å². The molecule has 0 amide bonds. The van der Waals surface area contributed by atoms with Crippen molar-refractivity contribution < 1.29 is 31.3 Å². The molecule has 296 valence electrons. The second-order valence-corrected chi connectivity index (χ2v) is 14.4. The van der Waals surface area contributed by atoms with Gasteiger partial charge in [0, 0.05) is 63.5 Å². The summed E-state index contributed by atoms with van der Waals surface area (Å²) in [5.74, 6) is 0.338. The van der Waals surface area contributed by atoms with Crippen molar-refractivity contribution in [2.24, 2.45) is 0 Å². The maximum absolute atomic E-state index is 11.5. The fraction of sp³-hybridized carbons (Fsp3) is 0.0196. The molecule has 60 heavy (non-hydrogen) atoms. The second-order valence-electron chi connectivity index (χ2n) is 14.4. The van der Waals surface area contributed by atoms with Crippen molar-refractivity contribution in [2.45, 2.75) is 0 Å². The summed E-state index contributed by atoms with van der Waals surface area (Å²) in [5, 5.41) is 23.0. The second kappa shape index (κ2) is 16.6. The van der Waals surface area contributed by atoms with Gasteiger partial charge in [0.2, 0.25) is 0 Å². The maximum Gasteiger partial charge on any atom is 2.00 e. The molecule has 0 unspecified atom stereocenters. The Bertz CT molecular complexity index is 2460. The summed E-state index contributed by atoms with van der Waals surface area (Å²) in [6.45, 7) is 4.56. The van der Waals surface area contributed by atoms with Gasteiger partial charge in [-0.25, -0.2) is 0 Å². The van der Waals surface area contributed by atoms with Crippen LogP contribution in [-0.4, -0.2) is 16.9 Å². The average Bonchev–Trinajstić information content (AvgIpc) is 3.84. The number of phenolic OH excluding ortho intramolecular Hbond substituents is 2. The van der Waals surface area contributed by atoms with Gasteiger partial charge >= 0.3 is 21.1 Å². The van der Waals surface area contributed by atoms with Gasteiger partial charge in [-0.1, -0.05) is 97.1 Å². The van der Waals surface area contributed by atoms with Gasteiger partial charge in [0.05, 0.1) is 11.4 Å². The first-order chi connectivity index (χ1) is 29.1. The number of hydrogen-bond acceptors (Lipinski definition) is 8. The van der Waals surface area contributed by atoms with Crippen LogP contribution in [0.3, 0.4) is 0 Å². The van der Waals surface area contributed by atoms with Crippen molar-refractivity contribution >= 4 is 68.2 Å². The van der Waals surface area contributed by atoms with Crippen molar-refractivity contribution in [3.8, 4) is 11.5 Å². The number of para-hydroxylation sites is 8. The molecular formula is C51H40N6O2Pt. The first-order valence-electron chi connectivity index (χ1n) is 19.6. The van der Waals surface area contributed by atoms with Crippen molar-refractivity contribution in [3.63, 3.8) is 0 Å². The molecule has 0 spiro atoms. The minimum absolute atomic E-state index is 0. The van der Waals surface area contributed by atoms with Gasteiger partial charge in [0.1, 0.15) is 11.5 Å². The average molecular weight is 964 g/mol. The summed E-state index contributed by atoms with van der Waals surface area (Å²) in [6, 6.07) is 69.0. The first-order valence-corrected chi connectivity index (χ1v) is 19.6. The monoisotopic (exact) mass is 963 g/mol. The molecule has 10 rings (SSSR count). The molecule has 0 bridgehead atoms. The van der Waals surface area contributed by atoms with E-state index in [0.29, 0.717) is 18.0 Å². The van der Waals surface area contributed by atoms with E-state index in [4.69, 9.17) is 0 Å². The zero-order valence-corrected chi connectivity index (χ0v) is 34.7. The van der Waals surface area contributed by atoms with Crippen LogP contribution in [0.1, 0.15) is 0 Å². The molecule has 0 saturated heterocycles. The molecular weight excluding hydrogens is 924 g/mol. The smallest absolute Gasteiger partial charge is 0.506 e. The molecule has 2 N–H and O–H groups in total. The Labute approximate surface area is 364 Å². The molecule has 8 nitrogen and oxygen atoms in total. The molecule has 0 aliphatic carbocycles. The summed E-state index contributed by atoms with van der Waals surface area (Å²) in [6.07, 6.45) is 0. The fourth-order valence-electron chi connectivity index (χ4n) is 8.01. The van der Waals surface area contributed by atoms with E-state index in [1.54, 1.807) is 12.1 Å². The Morgan fingerprint density at radius 1 is 0.333 bits per heavy atom. The van der Waals surface area contributed by atoms with E-state index >= 15 is 0 Å². The Hall–Kier alpha value is -7.15. The number of aromatic hydroxyl groups is 2. The zero-order chi connectivity index (χ0) is 39.7. The summed E-state index contributed by atoms with van der Waals surface area (Å²) < 4.78 is 0. The van der Waals surface area contributed by atoms with Gasteiger partial charge in [-0.3, -0.25) is 0 Å². The van der Waals surface area contributed by atoms with E-state index in [0.717, 1.165) is 56.9 Å². The van der Waals surface area contributed by atoms with Crippen molar-refractivity contribution in [3.05, 3.63) is 220 Å². The molecule has 9 heteroatoms. The molecule has 0 atom stereocenters. The zero-order valence-electron chi connectivity index (χ0n) is 32.4. The Morgan fingerprint density at radius 3 is 0.967 bits per heavy atom. The number of phenols is 2. The van der Waals surface area contributed by atoms with Gasteiger partial charge in [-0.15, -0.1) is 13.3 Å². The van der Waals surface area contributed by atoms with Crippen LogP contribution in [0.25, 0.3) is 0 Å². The van der Waals surface area contributed by atoms with E-state index in [-0.39, 0.29) is 32.6 Å². The number of rotatable bonds is 10. The third kappa shape index (κ3) is 7.16. The predicted octanol–water partition coefficient (Wildman–Crippen LogP) is 12.8. The van der Waals surface area contributed by atoms with E-state index in [1.807, 2.05) is 135 Å². The number of nitrogens with zero attached hydrogens (tertiary/aromatic N) is 6. The third-order valence-electron chi connectivity index (χ3n) is 10.7. The van der Waals surface area contributed by atoms with Crippen LogP contribution in [0.4, 0.5) is 68.2 Å². The molecule has 2 aliphatic heterocycles. The van der Waals surface area contributed by atoms with Gasteiger partial charge in [0.15, 0.2) is 0 Å². The summed E-state index contributed by atoms with van der Waals surface area (Å²) in [7, 11) is 0.